The molecule has 9 heteroatoms. The lowest BCUT2D eigenvalue weighted by molar-refractivity contribution is -0.387. The van der Waals surface area contributed by atoms with Crippen molar-refractivity contribution in [2.45, 2.75) is 17.4 Å². The van der Waals surface area contributed by atoms with Gasteiger partial charge in [-0.2, -0.15) is 0 Å². The van der Waals surface area contributed by atoms with E-state index in [-0.39, 0.29) is 10.6 Å². The minimum absolute atomic E-state index is 0.150. The van der Waals surface area contributed by atoms with Gasteiger partial charge in [-0.05, 0) is 18.0 Å². The molecule has 0 aromatic heterocycles. The first kappa shape index (κ1) is 14.9. The Balaban J connectivity index is 2.77. The van der Waals surface area contributed by atoms with Crippen molar-refractivity contribution in [2.75, 3.05) is 0 Å². The smallest absolute Gasteiger partial charge is 0.322 e. The molecule has 1 rings (SSSR count). The number of rotatable bonds is 7. The zero-order valence-corrected chi connectivity index (χ0v) is 10.4. The molecule has 1 aromatic carbocycles. The second-order valence-electron chi connectivity index (χ2n) is 3.51. The van der Waals surface area contributed by atoms with Crippen molar-refractivity contribution >= 4 is 29.5 Å². The van der Waals surface area contributed by atoms with E-state index in [0.29, 0.717) is 0 Å². The van der Waals surface area contributed by atoms with Crippen LogP contribution in [-0.4, -0.2) is 27.9 Å². The quantitative estimate of drug-likeness (QED) is 0.377. The van der Waals surface area contributed by atoms with Gasteiger partial charge in [-0.25, -0.2) is 4.72 Å². The number of nitro groups is 1. The summed E-state index contributed by atoms with van der Waals surface area (Å²) in [7, 11) is 0. The van der Waals surface area contributed by atoms with Crippen LogP contribution in [0.25, 0.3) is 0 Å². The molecule has 1 aromatic rings. The summed E-state index contributed by atoms with van der Waals surface area (Å²) in [6.45, 7) is 0. The Morgan fingerprint density at radius 2 is 2.11 bits per heavy atom. The van der Waals surface area contributed by atoms with E-state index in [4.69, 9.17) is 10.8 Å². The van der Waals surface area contributed by atoms with Crippen LogP contribution in [0.3, 0.4) is 0 Å². The normalized spacial score (nSPS) is 11.8. The average Bonchev–Trinajstić information content (AvgIpc) is 2.34. The van der Waals surface area contributed by atoms with E-state index in [1.807, 2.05) is 0 Å². The van der Waals surface area contributed by atoms with Crippen molar-refractivity contribution < 1.29 is 19.6 Å². The van der Waals surface area contributed by atoms with E-state index in [1.54, 1.807) is 6.07 Å². The molecule has 0 unspecified atom stereocenters. The minimum Gasteiger partial charge on any atom is -0.480 e. The van der Waals surface area contributed by atoms with Gasteiger partial charge in [0, 0.05) is 6.07 Å². The number of nitrogens with two attached hydrogens (primary N) is 1. The first-order valence-corrected chi connectivity index (χ1v) is 5.90. The number of nitrogens with one attached hydrogen (secondary N) is 1. The third-order valence-corrected chi connectivity index (χ3v) is 3.04. The number of carbonyl (C=O) groups excluding carboxylic acids is 1. The molecule has 0 spiro atoms. The van der Waals surface area contributed by atoms with Crippen molar-refractivity contribution in [1.82, 2.24) is 4.72 Å². The second-order valence-corrected chi connectivity index (χ2v) is 4.39. The molecule has 0 heterocycles. The monoisotopic (exact) mass is 285 g/mol. The highest BCUT2D eigenvalue weighted by atomic mass is 32.2. The first-order valence-electron chi connectivity index (χ1n) is 5.08. The number of amides is 1. The van der Waals surface area contributed by atoms with Gasteiger partial charge < -0.3 is 10.8 Å². The number of carbonyl (C=O) groups is 2. The van der Waals surface area contributed by atoms with Crippen molar-refractivity contribution in [3.63, 3.8) is 0 Å². The lowest BCUT2D eigenvalue weighted by atomic mass is 10.2. The largest absolute Gasteiger partial charge is 0.480 e. The molecule has 102 valence electrons. The lowest BCUT2D eigenvalue weighted by Crippen LogP contribution is -2.36. The molecule has 1 atom stereocenters. The molecular weight excluding hydrogens is 274 g/mol. The van der Waals surface area contributed by atoms with Gasteiger partial charge in [0.05, 0.1) is 11.3 Å². The van der Waals surface area contributed by atoms with Crippen LogP contribution in [0.1, 0.15) is 6.42 Å². The number of aliphatic carboxylic acids is 1. The Labute approximate surface area is 112 Å². The number of carboxylic acids is 1. The van der Waals surface area contributed by atoms with Crippen LogP contribution in [0.4, 0.5) is 5.69 Å². The Kier molecular flexibility index (Phi) is 5.27. The summed E-state index contributed by atoms with van der Waals surface area (Å²) in [6.07, 6.45) is -0.400. The van der Waals surface area contributed by atoms with Crippen LogP contribution in [0.5, 0.6) is 0 Å². The number of carboxylic acid groups (broad SMARTS) is 1. The van der Waals surface area contributed by atoms with Gasteiger partial charge in [0.15, 0.2) is 0 Å². The van der Waals surface area contributed by atoms with Gasteiger partial charge in [0.1, 0.15) is 10.9 Å². The lowest BCUT2D eigenvalue weighted by Gasteiger charge is -2.11. The standard InChI is InChI=1S/C10H11N3O5S/c11-9(14)5-6(10(15)16)12-19-8-4-2-1-3-7(8)13(17)18/h1-4,6,12H,5H2,(H2,11,14)(H,15,16)/t6-/m0/s1. The zero-order valence-electron chi connectivity index (χ0n) is 9.61. The van der Waals surface area contributed by atoms with Crippen molar-refractivity contribution in [2.24, 2.45) is 5.73 Å². The van der Waals surface area contributed by atoms with Crippen molar-refractivity contribution in [3.05, 3.63) is 34.4 Å². The minimum atomic E-state index is -1.26. The summed E-state index contributed by atoms with van der Waals surface area (Å²) in [5.41, 5.74) is 4.77. The molecule has 0 aliphatic rings. The Morgan fingerprint density at radius 3 is 2.63 bits per heavy atom. The summed E-state index contributed by atoms with van der Waals surface area (Å²) >= 11 is 0.774. The highest BCUT2D eigenvalue weighted by Gasteiger charge is 2.21. The van der Waals surface area contributed by atoms with Gasteiger partial charge in [-0.3, -0.25) is 19.7 Å². The Hall–Kier alpha value is -2.13. The number of para-hydroxylation sites is 1. The Bertz CT molecular complexity index is 508. The summed E-state index contributed by atoms with van der Waals surface area (Å²) in [5, 5.41) is 19.6. The molecule has 0 radical (unpaired) electrons. The van der Waals surface area contributed by atoms with Crippen LogP contribution in [0.2, 0.25) is 0 Å². The summed E-state index contributed by atoms with van der Waals surface area (Å²) in [5.74, 6) is -2.03. The van der Waals surface area contributed by atoms with E-state index in [2.05, 4.69) is 4.72 Å². The fourth-order valence-electron chi connectivity index (χ4n) is 1.21. The number of primary amides is 1. The van der Waals surface area contributed by atoms with Gasteiger partial charge >= 0.3 is 5.97 Å². The molecule has 0 aliphatic carbocycles. The van der Waals surface area contributed by atoms with Crippen LogP contribution >= 0.6 is 11.9 Å². The second kappa shape index (κ2) is 6.71. The van der Waals surface area contributed by atoms with E-state index >= 15 is 0 Å². The maximum absolute atomic E-state index is 10.9. The van der Waals surface area contributed by atoms with Crippen molar-refractivity contribution in [3.8, 4) is 0 Å². The number of nitrogens with zero attached hydrogens (tertiary/aromatic N) is 1. The van der Waals surface area contributed by atoms with Gasteiger partial charge in [0.25, 0.3) is 5.69 Å². The number of benzene rings is 1. The molecule has 19 heavy (non-hydrogen) atoms. The summed E-state index contributed by atoms with van der Waals surface area (Å²) in [6, 6.07) is 4.65. The number of hydrogen-bond donors (Lipinski definition) is 3. The van der Waals surface area contributed by atoms with E-state index < -0.39 is 29.3 Å². The molecule has 0 bridgehead atoms. The predicted octanol–water partition coefficient (Wildman–Crippen LogP) is 0.520. The van der Waals surface area contributed by atoms with Crippen LogP contribution < -0.4 is 10.5 Å². The van der Waals surface area contributed by atoms with Crippen LogP contribution in [-0.2, 0) is 9.59 Å². The van der Waals surface area contributed by atoms with E-state index in [1.165, 1.54) is 18.2 Å². The van der Waals surface area contributed by atoms with Gasteiger partial charge in [0.2, 0.25) is 5.91 Å². The molecule has 0 saturated carbocycles. The van der Waals surface area contributed by atoms with E-state index in [0.717, 1.165) is 11.9 Å². The first-order chi connectivity index (χ1) is 8.91. The molecule has 0 aliphatic heterocycles. The highest BCUT2D eigenvalue weighted by Crippen LogP contribution is 2.26. The number of hydrogen-bond acceptors (Lipinski definition) is 6. The summed E-state index contributed by atoms with van der Waals surface area (Å²) < 4.78 is 2.47. The molecule has 8 nitrogen and oxygen atoms in total. The fraction of sp³-hybridized carbons (Fsp3) is 0.200. The summed E-state index contributed by atoms with van der Waals surface area (Å²) in [4.78, 5) is 32.0. The third-order valence-electron chi connectivity index (χ3n) is 2.08. The fourth-order valence-corrected chi connectivity index (χ4v) is 2.06. The highest BCUT2D eigenvalue weighted by molar-refractivity contribution is 7.97. The maximum Gasteiger partial charge on any atom is 0.322 e. The van der Waals surface area contributed by atoms with Gasteiger partial charge in [-0.15, -0.1) is 0 Å². The predicted molar refractivity (Wildman–Crippen MR) is 67.3 cm³/mol. The van der Waals surface area contributed by atoms with E-state index in [9.17, 15) is 19.7 Å². The third kappa shape index (κ3) is 4.56. The SMILES string of the molecule is NC(=O)C[C@H](NSc1ccccc1[N+](=O)[O-])C(=O)O. The molecule has 0 saturated heterocycles. The zero-order chi connectivity index (χ0) is 14.4. The topological polar surface area (TPSA) is 136 Å². The van der Waals surface area contributed by atoms with Crippen LogP contribution in [0.15, 0.2) is 29.2 Å². The van der Waals surface area contributed by atoms with Crippen LogP contribution in [0, 0.1) is 10.1 Å². The Morgan fingerprint density at radius 1 is 1.47 bits per heavy atom. The molecule has 0 fully saturated rings. The number of nitro benzene ring substituents is 1. The molecule has 1 amide bonds. The maximum atomic E-state index is 10.9. The average molecular weight is 285 g/mol. The van der Waals surface area contributed by atoms with Crippen molar-refractivity contribution in [1.29, 1.82) is 0 Å². The van der Waals surface area contributed by atoms with Gasteiger partial charge in [-0.1, -0.05) is 12.1 Å². The molecule has 4 N–H and O–H groups in total. The molecular formula is C10H11N3O5S.